The molecule has 0 aliphatic rings. The molecule has 0 fully saturated rings. The summed E-state index contributed by atoms with van der Waals surface area (Å²) in [4.78, 5) is 22.1. The van der Waals surface area contributed by atoms with Crippen molar-refractivity contribution in [2.24, 2.45) is 0 Å². The van der Waals surface area contributed by atoms with Crippen molar-refractivity contribution in [3.63, 3.8) is 0 Å². The molecule has 0 bridgehead atoms. The summed E-state index contributed by atoms with van der Waals surface area (Å²) in [5.41, 5.74) is 0.842. The standard InChI is InChI=1S/C16H14BrNO6/c1-22-14-7-11(13(17)8-15(14)23-2)9-24-16(19)10-3-5-12(6-4-10)18(20)21/h3-8H,9H2,1-2H3. The first kappa shape index (κ1) is 17.7. The van der Waals surface area contributed by atoms with Crippen LogP contribution in [-0.4, -0.2) is 25.1 Å². The maximum Gasteiger partial charge on any atom is 0.338 e. The van der Waals surface area contributed by atoms with Crippen LogP contribution in [0.15, 0.2) is 40.9 Å². The smallest absolute Gasteiger partial charge is 0.338 e. The quantitative estimate of drug-likeness (QED) is 0.420. The van der Waals surface area contributed by atoms with E-state index in [0.717, 1.165) is 0 Å². The van der Waals surface area contributed by atoms with Crippen LogP contribution in [0.25, 0.3) is 0 Å². The van der Waals surface area contributed by atoms with E-state index < -0.39 is 10.9 Å². The number of hydrogen-bond acceptors (Lipinski definition) is 6. The lowest BCUT2D eigenvalue weighted by Gasteiger charge is -2.12. The number of carbonyl (C=O) groups is 1. The maximum atomic E-state index is 12.0. The van der Waals surface area contributed by atoms with Crippen LogP contribution in [-0.2, 0) is 11.3 Å². The molecule has 0 amide bonds. The average molecular weight is 396 g/mol. The summed E-state index contributed by atoms with van der Waals surface area (Å²) in [5, 5.41) is 10.6. The number of hydrogen-bond donors (Lipinski definition) is 0. The first-order valence-corrected chi connectivity index (χ1v) is 7.57. The summed E-state index contributed by atoms with van der Waals surface area (Å²) in [6, 6.07) is 8.62. The van der Waals surface area contributed by atoms with E-state index in [1.165, 1.54) is 38.5 Å². The SMILES string of the molecule is COc1cc(Br)c(COC(=O)c2ccc([N+](=O)[O-])cc2)cc1OC. The summed E-state index contributed by atoms with van der Waals surface area (Å²) in [6.07, 6.45) is 0. The zero-order chi connectivity index (χ0) is 17.7. The molecule has 24 heavy (non-hydrogen) atoms. The van der Waals surface area contributed by atoms with Crippen molar-refractivity contribution < 1.29 is 23.9 Å². The van der Waals surface area contributed by atoms with Gasteiger partial charge >= 0.3 is 5.97 Å². The minimum absolute atomic E-state index is 0.0107. The van der Waals surface area contributed by atoms with Crippen LogP contribution in [0.1, 0.15) is 15.9 Å². The van der Waals surface area contributed by atoms with Crippen molar-refractivity contribution in [2.45, 2.75) is 6.61 Å². The van der Waals surface area contributed by atoms with Gasteiger partial charge in [-0.05, 0) is 24.3 Å². The van der Waals surface area contributed by atoms with E-state index in [0.29, 0.717) is 21.5 Å². The first-order valence-electron chi connectivity index (χ1n) is 6.78. The van der Waals surface area contributed by atoms with Crippen molar-refractivity contribution in [1.29, 1.82) is 0 Å². The van der Waals surface area contributed by atoms with Gasteiger partial charge in [0.15, 0.2) is 11.5 Å². The lowest BCUT2D eigenvalue weighted by atomic mass is 10.2. The molecule has 7 nitrogen and oxygen atoms in total. The number of non-ortho nitro benzene ring substituents is 1. The molecule has 2 rings (SSSR count). The summed E-state index contributed by atoms with van der Waals surface area (Å²) >= 11 is 3.38. The molecule has 2 aromatic carbocycles. The van der Waals surface area contributed by atoms with Crippen LogP contribution in [0.2, 0.25) is 0 Å². The van der Waals surface area contributed by atoms with Gasteiger partial charge in [0.05, 0.1) is 24.7 Å². The number of ether oxygens (including phenoxy) is 3. The monoisotopic (exact) mass is 395 g/mol. The Bertz CT molecular complexity index is 760. The Morgan fingerprint density at radius 3 is 2.25 bits per heavy atom. The zero-order valence-electron chi connectivity index (χ0n) is 12.9. The van der Waals surface area contributed by atoms with Crippen LogP contribution in [0, 0.1) is 10.1 Å². The second-order valence-electron chi connectivity index (χ2n) is 4.68. The highest BCUT2D eigenvalue weighted by atomic mass is 79.9. The van der Waals surface area contributed by atoms with Gasteiger partial charge in [-0.15, -0.1) is 0 Å². The number of esters is 1. The predicted molar refractivity (Wildman–Crippen MR) is 89.5 cm³/mol. The summed E-state index contributed by atoms with van der Waals surface area (Å²) in [6.45, 7) is 0.0107. The van der Waals surface area contributed by atoms with Crippen molar-refractivity contribution in [1.82, 2.24) is 0 Å². The Morgan fingerprint density at radius 1 is 1.12 bits per heavy atom. The topological polar surface area (TPSA) is 87.9 Å². The van der Waals surface area contributed by atoms with Gasteiger partial charge in [0.2, 0.25) is 0 Å². The maximum absolute atomic E-state index is 12.0. The molecule has 0 aliphatic heterocycles. The molecule has 0 atom stereocenters. The van der Waals surface area contributed by atoms with Gasteiger partial charge in [0, 0.05) is 22.2 Å². The van der Waals surface area contributed by atoms with Crippen molar-refractivity contribution in [3.8, 4) is 11.5 Å². The Kier molecular flexibility index (Phi) is 5.75. The van der Waals surface area contributed by atoms with Crippen LogP contribution in [0.4, 0.5) is 5.69 Å². The Morgan fingerprint density at radius 2 is 1.71 bits per heavy atom. The first-order chi connectivity index (χ1) is 11.5. The van der Waals surface area contributed by atoms with Gasteiger partial charge in [0.1, 0.15) is 6.61 Å². The number of nitrogens with zero attached hydrogens (tertiary/aromatic N) is 1. The molecule has 0 heterocycles. The Labute approximate surface area is 146 Å². The normalized spacial score (nSPS) is 10.1. The largest absolute Gasteiger partial charge is 0.493 e. The second-order valence-corrected chi connectivity index (χ2v) is 5.53. The van der Waals surface area contributed by atoms with E-state index in [4.69, 9.17) is 14.2 Å². The van der Waals surface area contributed by atoms with E-state index >= 15 is 0 Å². The minimum atomic E-state index is -0.577. The van der Waals surface area contributed by atoms with Gasteiger partial charge in [-0.3, -0.25) is 10.1 Å². The molecule has 2 aromatic rings. The fourth-order valence-corrected chi connectivity index (χ4v) is 2.39. The van der Waals surface area contributed by atoms with Gasteiger partial charge in [0.25, 0.3) is 5.69 Å². The average Bonchev–Trinajstić information content (AvgIpc) is 2.60. The zero-order valence-corrected chi connectivity index (χ0v) is 14.5. The predicted octanol–water partition coefficient (Wildman–Crippen LogP) is 3.73. The molecule has 0 aliphatic carbocycles. The van der Waals surface area contributed by atoms with E-state index in [1.54, 1.807) is 12.1 Å². The second kappa shape index (κ2) is 7.78. The summed E-state index contributed by atoms with van der Waals surface area (Å²) in [5.74, 6) is 0.489. The van der Waals surface area contributed by atoms with Crippen LogP contribution in [0.3, 0.4) is 0 Å². The number of halogens is 1. The number of nitro benzene ring substituents is 1. The number of benzene rings is 2. The van der Waals surface area contributed by atoms with Crippen molar-refractivity contribution in [2.75, 3.05) is 14.2 Å². The molecule has 0 unspecified atom stereocenters. The highest BCUT2D eigenvalue weighted by molar-refractivity contribution is 9.10. The van der Waals surface area contributed by atoms with Gasteiger partial charge in [-0.1, -0.05) is 15.9 Å². The Balaban J connectivity index is 2.10. The molecule has 8 heteroatoms. The lowest BCUT2D eigenvalue weighted by Crippen LogP contribution is -2.06. The third-order valence-electron chi connectivity index (χ3n) is 3.23. The van der Waals surface area contributed by atoms with Crippen LogP contribution >= 0.6 is 15.9 Å². The highest BCUT2D eigenvalue weighted by Crippen LogP contribution is 2.33. The molecule has 0 aromatic heterocycles. The number of carbonyl (C=O) groups excluding carboxylic acids is 1. The number of nitro groups is 1. The number of rotatable bonds is 6. The molecule has 0 spiro atoms. The summed E-state index contributed by atoms with van der Waals surface area (Å²) < 4.78 is 16.3. The van der Waals surface area contributed by atoms with Gasteiger partial charge in [-0.25, -0.2) is 4.79 Å². The highest BCUT2D eigenvalue weighted by Gasteiger charge is 2.14. The van der Waals surface area contributed by atoms with E-state index in [9.17, 15) is 14.9 Å². The van der Waals surface area contributed by atoms with E-state index in [-0.39, 0.29) is 17.9 Å². The molecular weight excluding hydrogens is 382 g/mol. The molecule has 0 saturated heterocycles. The van der Waals surface area contributed by atoms with Crippen LogP contribution < -0.4 is 9.47 Å². The third-order valence-corrected chi connectivity index (χ3v) is 3.96. The molecule has 0 radical (unpaired) electrons. The van der Waals surface area contributed by atoms with E-state index in [1.807, 2.05) is 0 Å². The molecule has 126 valence electrons. The minimum Gasteiger partial charge on any atom is -0.493 e. The molecule has 0 saturated carbocycles. The Hall–Kier alpha value is -2.61. The third kappa shape index (κ3) is 4.02. The lowest BCUT2D eigenvalue weighted by molar-refractivity contribution is -0.384. The van der Waals surface area contributed by atoms with Gasteiger partial charge in [-0.2, -0.15) is 0 Å². The van der Waals surface area contributed by atoms with Crippen molar-refractivity contribution >= 4 is 27.6 Å². The molecule has 0 N–H and O–H groups in total. The van der Waals surface area contributed by atoms with Crippen molar-refractivity contribution in [3.05, 3.63) is 62.1 Å². The number of methoxy groups -OCH3 is 2. The van der Waals surface area contributed by atoms with E-state index in [2.05, 4.69) is 15.9 Å². The fourth-order valence-electron chi connectivity index (χ4n) is 1.95. The fraction of sp³-hybridized carbons (Fsp3) is 0.188. The molecular formula is C16H14BrNO6. The summed E-state index contributed by atoms with van der Waals surface area (Å²) in [7, 11) is 3.04. The van der Waals surface area contributed by atoms with Gasteiger partial charge < -0.3 is 14.2 Å². The van der Waals surface area contributed by atoms with Crippen LogP contribution in [0.5, 0.6) is 11.5 Å².